The minimum atomic E-state index is 0.135. The van der Waals surface area contributed by atoms with E-state index in [0.29, 0.717) is 6.61 Å². The first-order valence-corrected chi connectivity index (χ1v) is 7.43. The average molecular weight is 280 g/mol. The lowest BCUT2D eigenvalue weighted by molar-refractivity contribution is 0.0836. The highest BCUT2D eigenvalue weighted by Gasteiger charge is 2.01. The van der Waals surface area contributed by atoms with Gasteiger partial charge in [0.1, 0.15) is 0 Å². The van der Waals surface area contributed by atoms with E-state index >= 15 is 0 Å². The lowest BCUT2D eigenvalue weighted by atomic mass is 10.2. The molecule has 0 fully saturated rings. The van der Waals surface area contributed by atoms with Gasteiger partial charge in [-0.15, -0.1) is 11.8 Å². The molecule has 3 heteroatoms. The second-order valence-corrected chi connectivity index (χ2v) is 6.36. The molecule has 0 N–H and O–H groups in total. The molecule has 0 saturated carbocycles. The lowest BCUT2D eigenvalue weighted by Gasteiger charge is -2.10. The molecule has 1 aromatic rings. The Labute approximate surface area is 120 Å². The van der Waals surface area contributed by atoms with Crippen LogP contribution >= 0.6 is 24.0 Å². The molecule has 0 aliphatic carbocycles. The van der Waals surface area contributed by atoms with Gasteiger partial charge in [-0.3, -0.25) is 0 Å². The topological polar surface area (TPSA) is 9.23 Å². The highest BCUT2D eigenvalue weighted by atomic mass is 32.2. The van der Waals surface area contributed by atoms with Crippen molar-refractivity contribution in [3.8, 4) is 0 Å². The maximum Gasteiger partial charge on any atom is 0.0735 e. The smallest absolute Gasteiger partial charge is 0.0735 e. The number of hydrogen-bond acceptors (Lipinski definition) is 3. The van der Waals surface area contributed by atoms with Gasteiger partial charge in [-0.1, -0.05) is 54.2 Å². The Morgan fingerprint density at radius 3 is 2.61 bits per heavy atom. The van der Waals surface area contributed by atoms with Crippen molar-refractivity contribution < 1.29 is 4.74 Å². The van der Waals surface area contributed by atoms with Crippen molar-refractivity contribution >= 4 is 28.2 Å². The summed E-state index contributed by atoms with van der Waals surface area (Å²) in [5.74, 6) is 0.953. The van der Waals surface area contributed by atoms with Gasteiger partial charge in [-0.05, 0) is 26.3 Å². The summed E-state index contributed by atoms with van der Waals surface area (Å²) in [6.07, 6.45) is 2.30. The molecular formula is C15H20OS2. The molecule has 98 valence electrons. The standard InChI is InChI=1S/C15H20OS2/c1-12(11-18-14(3)17)9-13(2)16-10-15-7-5-4-6-8-15/h4-9,13H,10-11H2,1-3H3/b12-9+. The van der Waals surface area contributed by atoms with Crippen molar-refractivity contribution in [3.05, 3.63) is 47.5 Å². The Balaban J connectivity index is 2.34. The molecule has 1 atom stereocenters. The minimum absolute atomic E-state index is 0.135. The van der Waals surface area contributed by atoms with Crippen LogP contribution in [0.15, 0.2) is 42.0 Å². The Morgan fingerprint density at radius 2 is 2.00 bits per heavy atom. The first-order valence-electron chi connectivity index (χ1n) is 6.04. The number of benzene rings is 1. The summed E-state index contributed by atoms with van der Waals surface area (Å²) in [4.78, 5) is 0. The van der Waals surface area contributed by atoms with Crippen molar-refractivity contribution in [2.75, 3.05) is 5.75 Å². The van der Waals surface area contributed by atoms with Gasteiger partial charge in [-0.2, -0.15) is 0 Å². The van der Waals surface area contributed by atoms with Crippen molar-refractivity contribution in [3.63, 3.8) is 0 Å². The van der Waals surface area contributed by atoms with Crippen molar-refractivity contribution in [2.24, 2.45) is 0 Å². The number of rotatable bonds is 6. The number of hydrogen-bond donors (Lipinski definition) is 0. The molecule has 1 aromatic carbocycles. The van der Waals surface area contributed by atoms with Gasteiger partial charge in [0.25, 0.3) is 0 Å². The first kappa shape index (κ1) is 15.4. The van der Waals surface area contributed by atoms with Crippen LogP contribution in [0.25, 0.3) is 0 Å². The maximum absolute atomic E-state index is 5.79. The van der Waals surface area contributed by atoms with Gasteiger partial charge < -0.3 is 4.74 Å². The molecule has 0 aliphatic heterocycles. The van der Waals surface area contributed by atoms with Crippen molar-refractivity contribution in [1.82, 2.24) is 0 Å². The molecule has 0 radical (unpaired) electrons. The molecule has 0 bridgehead atoms. The predicted octanol–water partition coefficient (Wildman–Crippen LogP) is 4.62. The average Bonchev–Trinajstić information content (AvgIpc) is 2.35. The summed E-state index contributed by atoms with van der Waals surface area (Å²) in [5, 5.41) is 0. The summed E-state index contributed by atoms with van der Waals surface area (Å²) >= 11 is 6.75. The van der Waals surface area contributed by atoms with E-state index in [1.54, 1.807) is 11.8 Å². The lowest BCUT2D eigenvalue weighted by Crippen LogP contribution is -2.06. The second-order valence-electron chi connectivity index (χ2n) is 4.29. The Morgan fingerprint density at radius 1 is 1.33 bits per heavy atom. The van der Waals surface area contributed by atoms with E-state index in [4.69, 9.17) is 17.0 Å². The summed E-state index contributed by atoms with van der Waals surface area (Å²) in [5.41, 5.74) is 2.52. The van der Waals surface area contributed by atoms with Gasteiger partial charge in [0, 0.05) is 9.95 Å². The Hall–Kier alpha value is -0.640. The zero-order valence-corrected chi connectivity index (χ0v) is 12.8. The summed E-state index contributed by atoms with van der Waals surface area (Å²) < 4.78 is 6.77. The van der Waals surface area contributed by atoms with Gasteiger partial charge in [0.15, 0.2) is 0 Å². The van der Waals surface area contributed by atoms with Crippen LogP contribution in [0.1, 0.15) is 26.3 Å². The quantitative estimate of drug-likeness (QED) is 0.556. The van der Waals surface area contributed by atoms with E-state index < -0.39 is 0 Å². The number of thiocarbonyl (C=S) groups is 1. The number of thioether (sulfide) groups is 1. The molecule has 0 amide bonds. The third-order valence-electron chi connectivity index (χ3n) is 2.38. The second kappa shape index (κ2) is 8.46. The molecule has 1 nitrogen and oxygen atoms in total. The third-order valence-corrected chi connectivity index (χ3v) is 3.74. The molecule has 0 spiro atoms. The normalized spacial score (nSPS) is 13.4. The fourth-order valence-electron chi connectivity index (χ4n) is 1.51. The van der Waals surface area contributed by atoms with E-state index in [-0.39, 0.29) is 6.10 Å². The van der Waals surface area contributed by atoms with Crippen LogP contribution in [-0.2, 0) is 11.3 Å². The van der Waals surface area contributed by atoms with Crippen molar-refractivity contribution in [2.45, 2.75) is 33.5 Å². The Kier molecular flexibility index (Phi) is 7.25. The summed E-state index contributed by atoms with van der Waals surface area (Å²) in [7, 11) is 0. The van der Waals surface area contributed by atoms with E-state index in [1.165, 1.54) is 11.1 Å². The SMILES string of the molecule is CC(=S)SC/C(C)=C/C(C)OCc1ccccc1. The predicted molar refractivity (Wildman–Crippen MR) is 85.2 cm³/mol. The number of ether oxygens (including phenoxy) is 1. The van der Waals surface area contributed by atoms with Crippen molar-refractivity contribution in [1.29, 1.82) is 0 Å². The van der Waals surface area contributed by atoms with Gasteiger partial charge in [-0.25, -0.2) is 0 Å². The van der Waals surface area contributed by atoms with Crippen LogP contribution in [0, 0.1) is 0 Å². The van der Waals surface area contributed by atoms with Crippen LogP contribution in [0.2, 0.25) is 0 Å². The van der Waals surface area contributed by atoms with Crippen LogP contribution in [0.4, 0.5) is 0 Å². The zero-order valence-electron chi connectivity index (χ0n) is 11.2. The fraction of sp³-hybridized carbons (Fsp3) is 0.400. The molecule has 0 saturated heterocycles. The van der Waals surface area contributed by atoms with Gasteiger partial charge in [0.2, 0.25) is 0 Å². The minimum Gasteiger partial charge on any atom is -0.370 e. The van der Waals surface area contributed by atoms with E-state index in [0.717, 1.165) is 9.95 Å². The zero-order chi connectivity index (χ0) is 13.4. The molecule has 1 unspecified atom stereocenters. The van der Waals surface area contributed by atoms with Crippen LogP contribution < -0.4 is 0 Å². The van der Waals surface area contributed by atoms with Crippen LogP contribution in [0.3, 0.4) is 0 Å². The highest BCUT2D eigenvalue weighted by molar-refractivity contribution is 8.23. The molecule has 0 aromatic heterocycles. The first-order chi connectivity index (χ1) is 8.58. The molecular weight excluding hydrogens is 260 g/mol. The monoisotopic (exact) mass is 280 g/mol. The van der Waals surface area contributed by atoms with Crippen LogP contribution in [-0.4, -0.2) is 16.1 Å². The molecule has 0 heterocycles. The Bertz CT molecular complexity index is 398. The molecule has 0 aliphatic rings. The fourth-order valence-corrected chi connectivity index (χ4v) is 2.22. The summed E-state index contributed by atoms with van der Waals surface area (Å²) in [6, 6.07) is 10.2. The highest BCUT2D eigenvalue weighted by Crippen LogP contribution is 2.12. The molecule has 1 rings (SSSR count). The van der Waals surface area contributed by atoms with E-state index in [1.807, 2.05) is 25.1 Å². The van der Waals surface area contributed by atoms with Crippen LogP contribution in [0.5, 0.6) is 0 Å². The van der Waals surface area contributed by atoms with E-state index in [2.05, 4.69) is 32.1 Å². The largest absolute Gasteiger partial charge is 0.370 e. The van der Waals surface area contributed by atoms with Gasteiger partial charge >= 0.3 is 0 Å². The maximum atomic E-state index is 5.79. The molecule has 18 heavy (non-hydrogen) atoms. The van der Waals surface area contributed by atoms with E-state index in [9.17, 15) is 0 Å². The summed E-state index contributed by atoms with van der Waals surface area (Å²) in [6.45, 7) is 6.81. The van der Waals surface area contributed by atoms with Gasteiger partial charge in [0.05, 0.1) is 12.7 Å². The third kappa shape index (κ3) is 6.94.